The highest BCUT2D eigenvalue weighted by atomic mass is 16.3. The number of benzene rings is 2. The third kappa shape index (κ3) is 3.99. The van der Waals surface area contributed by atoms with Crippen LogP contribution >= 0.6 is 0 Å². The normalized spacial score (nSPS) is 17.1. The second-order valence-electron chi connectivity index (χ2n) is 6.28. The van der Waals surface area contributed by atoms with Gasteiger partial charge in [0.1, 0.15) is 0 Å². The van der Waals surface area contributed by atoms with Gasteiger partial charge in [0.25, 0.3) is 0 Å². The molecule has 0 heterocycles. The van der Waals surface area contributed by atoms with E-state index in [9.17, 15) is 9.90 Å². The molecule has 3 rings (SSSR count). The van der Waals surface area contributed by atoms with Crippen molar-refractivity contribution in [2.24, 2.45) is 5.92 Å². The maximum Gasteiger partial charge on any atom is 0.223 e. The second-order valence-corrected chi connectivity index (χ2v) is 6.28. The minimum atomic E-state index is -0.756. The maximum absolute atomic E-state index is 12.4. The Bertz CT molecular complexity index is 623. The summed E-state index contributed by atoms with van der Waals surface area (Å²) >= 11 is 0. The molecule has 0 aliphatic heterocycles. The number of rotatable bonds is 6. The summed E-state index contributed by atoms with van der Waals surface area (Å²) < 4.78 is 0. The van der Waals surface area contributed by atoms with Crippen molar-refractivity contribution in [1.82, 2.24) is 5.32 Å². The van der Waals surface area contributed by atoms with Crippen molar-refractivity contribution < 1.29 is 9.90 Å². The van der Waals surface area contributed by atoms with Gasteiger partial charge in [0.15, 0.2) is 0 Å². The van der Waals surface area contributed by atoms with E-state index in [1.165, 1.54) is 6.42 Å². The van der Waals surface area contributed by atoms with E-state index in [2.05, 4.69) is 17.4 Å². The summed E-state index contributed by atoms with van der Waals surface area (Å²) in [5, 5.41) is 13.4. The van der Waals surface area contributed by atoms with Crippen molar-refractivity contribution in [2.75, 3.05) is 0 Å². The van der Waals surface area contributed by atoms with Crippen molar-refractivity contribution in [2.45, 2.75) is 37.8 Å². The van der Waals surface area contributed by atoms with Crippen molar-refractivity contribution in [3.8, 4) is 0 Å². The standard InChI is InChI=1S/C20H23NO2/c22-18(15-8-3-1-4-9-15)14-19(23)21-20(17-12-7-13-17)16-10-5-2-6-11-16/h1-6,8-11,17-18,20,22H,7,12-14H2,(H,21,23). The minimum Gasteiger partial charge on any atom is -0.388 e. The lowest BCUT2D eigenvalue weighted by Gasteiger charge is -2.34. The van der Waals surface area contributed by atoms with Crippen LogP contribution in [0.4, 0.5) is 0 Å². The first kappa shape index (κ1) is 15.8. The Morgan fingerprint density at radius 2 is 1.57 bits per heavy atom. The van der Waals surface area contributed by atoms with Crippen LogP contribution in [0, 0.1) is 5.92 Å². The average Bonchev–Trinajstić information content (AvgIpc) is 2.54. The molecule has 2 aromatic rings. The Morgan fingerprint density at radius 3 is 2.09 bits per heavy atom. The molecule has 1 aliphatic rings. The second kappa shape index (κ2) is 7.42. The fourth-order valence-electron chi connectivity index (χ4n) is 3.11. The summed E-state index contributed by atoms with van der Waals surface area (Å²) in [7, 11) is 0. The van der Waals surface area contributed by atoms with Gasteiger partial charge < -0.3 is 10.4 Å². The number of carbonyl (C=O) groups excluding carboxylic acids is 1. The number of amides is 1. The molecule has 2 unspecified atom stereocenters. The largest absolute Gasteiger partial charge is 0.388 e. The van der Waals surface area contributed by atoms with Crippen LogP contribution in [0.2, 0.25) is 0 Å². The van der Waals surface area contributed by atoms with Gasteiger partial charge >= 0.3 is 0 Å². The first-order valence-corrected chi connectivity index (χ1v) is 8.31. The van der Waals surface area contributed by atoms with Crippen molar-refractivity contribution in [1.29, 1.82) is 0 Å². The van der Waals surface area contributed by atoms with E-state index in [1.807, 2.05) is 48.5 Å². The zero-order chi connectivity index (χ0) is 16.1. The molecule has 1 amide bonds. The number of nitrogens with one attached hydrogen (secondary N) is 1. The highest BCUT2D eigenvalue weighted by Crippen LogP contribution is 2.37. The topological polar surface area (TPSA) is 49.3 Å². The summed E-state index contributed by atoms with van der Waals surface area (Å²) in [6.07, 6.45) is 2.88. The van der Waals surface area contributed by atoms with Gasteiger partial charge in [-0.1, -0.05) is 67.1 Å². The van der Waals surface area contributed by atoms with Crippen LogP contribution in [-0.4, -0.2) is 11.0 Å². The van der Waals surface area contributed by atoms with E-state index in [0.29, 0.717) is 5.92 Å². The molecule has 0 bridgehead atoms. The summed E-state index contributed by atoms with van der Waals surface area (Å²) in [5.41, 5.74) is 1.93. The number of carbonyl (C=O) groups is 1. The fraction of sp³-hybridized carbons (Fsp3) is 0.350. The highest BCUT2D eigenvalue weighted by molar-refractivity contribution is 5.77. The molecule has 3 nitrogen and oxygen atoms in total. The lowest BCUT2D eigenvalue weighted by molar-refractivity contribution is -0.124. The van der Waals surface area contributed by atoms with Crippen LogP contribution in [0.3, 0.4) is 0 Å². The summed E-state index contributed by atoms with van der Waals surface area (Å²) in [6.45, 7) is 0. The molecule has 0 radical (unpaired) electrons. The molecular formula is C20H23NO2. The molecule has 3 heteroatoms. The van der Waals surface area contributed by atoms with Crippen LogP contribution in [0.25, 0.3) is 0 Å². The summed E-state index contributed by atoms with van der Waals surface area (Å²) in [5.74, 6) is 0.414. The van der Waals surface area contributed by atoms with Crippen molar-refractivity contribution >= 4 is 5.91 Å². The van der Waals surface area contributed by atoms with E-state index in [1.54, 1.807) is 0 Å². The molecule has 1 aliphatic carbocycles. The smallest absolute Gasteiger partial charge is 0.223 e. The predicted molar refractivity (Wildman–Crippen MR) is 90.7 cm³/mol. The van der Waals surface area contributed by atoms with Crippen LogP contribution in [0.15, 0.2) is 60.7 Å². The van der Waals surface area contributed by atoms with Crippen molar-refractivity contribution in [3.63, 3.8) is 0 Å². The minimum absolute atomic E-state index is 0.0559. The Labute approximate surface area is 137 Å². The number of aliphatic hydroxyl groups is 1. The molecular weight excluding hydrogens is 286 g/mol. The lowest BCUT2D eigenvalue weighted by atomic mass is 9.77. The third-order valence-electron chi connectivity index (χ3n) is 4.66. The molecule has 2 N–H and O–H groups in total. The third-order valence-corrected chi connectivity index (χ3v) is 4.66. The maximum atomic E-state index is 12.4. The predicted octanol–water partition coefficient (Wildman–Crippen LogP) is 3.77. The Balaban J connectivity index is 1.64. The molecule has 2 aromatic carbocycles. The Kier molecular flexibility index (Phi) is 5.09. The van der Waals surface area contributed by atoms with Gasteiger partial charge in [-0.25, -0.2) is 0 Å². The van der Waals surface area contributed by atoms with E-state index < -0.39 is 6.10 Å². The molecule has 1 fully saturated rings. The van der Waals surface area contributed by atoms with Gasteiger partial charge in [-0.3, -0.25) is 4.79 Å². The number of hydrogen-bond donors (Lipinski definition) is 2. The molecule has 2 atom stereocenters. The first-order valence-electron chi connectivity index (χ1n) is 8.31. The van der Waals surface area contributed by atoms with E-state index in [0.717, 1.165) is 24.0 Å². The molecule has 0 saturated heterocycles. The molecule has 0 aromatic heterocycles. The lowest BCUT2D eigenvalue weighted by Crippen LogP contribution is -2.36. The Hall–Kier alpha value is -2.13. The van der Waals surface area contributed by atoms with Crippen LogP contribution in [0.5, 0.6) is 0 Å². The van der Waals surface area contributed by atoms with Gasteiger partial charge in [0, 0.05) is 0 Å². The van der Waals surface area contributed by atoms with Gasteiger partial charge in [-0.2, -0.15) is 0 Å². The van der Waals surface area contributed by atoms with E-state index >= 15 is 0 Å². The van der Waals surface area contributed by atoms with Crippen LogP contribution in [0.1, 0.15) is 49.0 Å². The van der Waals surface area contributed by atoms with Gasteiger partial charge in [-0.15, -0.1) is 0 Å². The summed E-state index contributed by atoms with van der Waals surface area (Å²) in [6, 6.07) is 19.5. The fourth-order valence-corrected chi connectivity index (χ4v) is 3.11. The zero-order valence-electron chi connectivity index (χ0n) is 13.2. The molecule has 120 valence electrons. The van der Waals surface area contributed by atoms with E-state index in [4.69, 9.17) is 0 Å². The first-order chi connectivity index (χ1) is 11.2. The van der Waals surface area contributed by atoms with Crippen molar-refractivity contribution in [3.05, 3.63) is 71.8 Å². The SMILES string of the molecule is O=C(CC(O)c1ccccc1)NC(c1ccccc1)C1CCC1. The molecule has 1 saturated carbocycles. The quantitative estimate of drug-likeness (QED) is 0.853. The van der Waals surface area contributed by atoms with Crippen LogP contribution in [-0.2, 0) is 4.79 Å². The summed E-state index contributed by atoms with van der Waals surface area (Å²) in [4.78, 5) is 12.4. The van der Waals surface area contributed by atoms with Crippen LogP contribution < -0.4 is 5.32 Å². The van der Waals surface area contributed by atoms with Gasteiger partial charge in [-0.05, 0) is 29.9 Å². The monoisotopic (exact) mass is 309 g/mol. The number of aliphatic hydroxyl groups excluding tert-OH is 1. The van der Waals surface area contributed by atoms with Gasteiger partial charge in [0.05, 0.1) is 18.6 Å². The number of hydrogen-bond acceptors (Lipinski definition) is 2. The highest BCUT2D eigenvalue weighted by Gasteiger charge is 2.30. The Morgan fingerprint density at radius 1 is 1.00 bits per heavy atom. The zero-order valence-corrected chi connectivity index (χ0v) is 13.2. The molecule has 23 heavy (non-hydrogen) atoms. The molecule has 0 spiro atoms. The van der Waals surface area contributed by atoms with Gasteiger partial charge in [0.2, 0.25) is 5.91 Å². The average molecular weight is 309 g/mol. The van der Waals surface area contributed by atoms with E-state index in [-0.39, 0.29) is 18.4 Å².